The molecule has 5 rings (SSSR count). The Kier molecular flexibility index (Phi) is 5.51. The molecular formula is C21H20ClN5O2S2. The Morgan fingerprint density at radius 3 is 2.61 bits per heavy atom. The summed E-state index contributed by atoms with van der Waals surface area (Å²) >= 11 is 7.10. The number of hydrogen-bond donors (Lipinski definition) is 2. The van der Waals surface area contributed by atoms with E-state index in [-0.39, 0.29) is 17.0 Å². The SMILES string of the molecule is O=S(=O)(NC1CCC(Nc2ccnc3cc(Cl)ccc23)CC1)c1cccc2nsnc12. The van der Waals surface area contributed by atoms with Gasteiger partial charge in [0, 0.05) is 34.4 Å². The highest BCUT2D eigenvalue weighted by molar-refractivity contribution is 7.89. The third-order valence-electron chi connectivity index (χ3n) is 5.65. The smallest absolute Gasteiger partial charge is 0.243 e. The highest BCUT2D eigenvalue weighted by Crippen LogP contribution is 2.29. The van der Waals surface area contributed by atoms with Crippen molar-refractivity contribution in [2.24, 2.45) is 0 Å². The average Bonchev–Trinajstić information content (AvgIpc) is 3.24. The molecule has 1 fully saturated rings. The van der Waals surface area contributed by atoms with Crippen molar-refractivity contribution in [1.29, 1.82) is 0 Å². The topological polar surface area (TPSA) is 96.9 Å². The number of benzene rings is 2. The lowest BCUT2D eigenvalue weighted by atomic mass is 9.91. The van der Waals surface area contributed by atoms with Gasteiger partial charge in [-0.1, -0.05) is 17.7 Å². The van der Waals surface area contributed by atoms with Gasteiger partial charge >= 0.3 is 0 Å². The summed E-state index contributed by atoms with van der Waals surface area (Å²) in [6.45, 7) is 0. The van der Waals surface area contributed by atoms with Gasteiger partial charge in [0.15, 0.2) is 0 Å². The molecule has 0 unspecified atom stereocenters. The van der Waals surface area contributed by atoms with Gasteiger partial charge in [-0.05, 0) is 62.1 Å². The molecule has 1 aliphatic rings. The summed E-state index contributed by atoms with van der Waals surface area (Å²) < 4.78 is 37.1. The van der Waals surface area contributed by atoms with Gasteiger partial charge in [0.05, 0.1) is 17.2 Å². The number of rotatable bonds is 5. The fourth-order valence-electron chi connectivity index (χ4n) is 4.10. The van der Waals surface area contributed by atoms with E-state index in [9.17, 15) is 8.42 Å². The molecule has 4 aromatic rings. The quantitative estimate of drug-likeness (QED) is 0.440. The number of nitrogens with one attached hydrogen (secondary N) is 2. The van der Waals surface area contributed by atoms with E-state index >= 15 is 0 Å². The summed E-state index contributed by atoms with van der Waals surface area (Å²) in [4.78, 5) is 4.58. The molecule has 0 amide bonds. The lowest BCUT2D eigenvalue weighted by Gasteiger charge is -2.30. The summed E-state index contributed by atoms with van der Waals surface area (Å²) in [5.74, 6) is 0. The van der Waals surface area contributed by atoms with Crippen LogP contribution in [0.4, 0.5) is 5.69 Å². The van der Waals surface area contributed by atoms with E-state index in [2.05, 4.69) is 23.8 Å². The standard InChI is InChI=1S/C21H20ClN5O2S2/c22-13-4-9-16-17(10-11-23-19(16)12-13)24-14-5-7-15(8-6-14)27-31(28,29)20-3-1-2-18-21(20)26-30-25-18/h1-4,9-12,14-15,27H,5-8H2,(H,23,24). The highest BCUT2D eigenvalue weighted by Gasteiger charge is 2.27. The molecule has 160 valence electrons. The second-order valence-electron chi connectivity index (χ2n) is 7.72. The third kappa shape index (κ3) is 4.23. The molecule has 0 atom stereocenters. The molecule has 0 aliphatic heterocycles. The molecule has 10 heteroatoms. The lowest BCUT2D eigenvalue weighted by molar-refractivity contribution is 0.387. The highest BCUT2D eigenvalue weighted by atomic mass is 35.5. The monoisotopic (exact) mass is 473 g/mol. The zero-order valence-electron chi connectivity index (χ0n) is 16.5. The Morgan fingerprint density at radius 2 is 1.77 bits per heavy atom. The van der Waals surface area contributed by atoms with E-state index in [1.807, 2.05) is 24.3 Å². The van der Waals surface area contributed by atoms with Crippen LogP contribution < -0.4 is 10.0 Å². The number of hydrogen-bond acceptors (Lipinski definition) is 7. The second-order valence-corrected chi connectivity index (χ2v) is 10.4. The largest absolute Gasteiger partial charge is 0.382 e. The first kappa shape index (κ1) is 20.6. The molecule has 2 heterocycles. The molecule has 7 nitrogen and oxygen atoms in total. The van der Waals surface area contributed by atoms with E-state index in [0.29, 0.717) is 16.1 Å². The van der Waals surface area contributed by atoms with Crippen LogP contribution >= 0.6 is 23.3 Å². The van der Waals surface area contributed by atoms with Gasteiger partial charge < -0.3 is 5.32 Å². The van der Waals surface area contributed by atoms with Crippen molar-refractivity contribution in [2.75, 3.05) is 5.32 Å². The predicted molar refractivity (Wildman–Crippen MR) is 124 cm³/mol. The van der Waals surface area contributed by atoms with E-state index in [1.165, 1.54) is 0 Å². The zero-order chi connectivity index (χ0) is 21.4. The van der Waals surface area contributed by atoms with Crippen molar-refractivity contribution in [3.63, 3.8) is 0 Å². The summed E-state index contributed by atoms with van der Waals surface area (Å²) in [7, 11) is -3.65. The van der Waals surface area contributed by atoms with Crippen LogP contribution in [0.15, 0.2) is 53.6 Å². The third-order valence-corrected chi connectivity index (χ3v) is 7.98. The van der Waals surface area contributed by atoms with Gasteiger partial charge in [-0.2, -0.15) is 8.75 Å². The van der Waals surface area contributed by atoms with Crippen molar-refractivity contribution < 1.29 is 8.42 Å². The minimum Gasteiger partial charge on any atom is -0.382 e. The number of pyridine rings is 1. The summed E-state index contributed by atoms with van der Waals surface area (Å²) in [6, 6.07) is 12.9. The number of nitrogens with zero attached hydrogens (tertiary/aromatic N) is 3. The van der Waals surface area contributed by atoms with E-state index < -0.39 is 10.0 Å². The van der Waals surface area contributed by atoms with Crippen LogP contribution in [0, 0.1) is 0 Å². The Bertz CT molecular complexity index is 1350. The van der Waals surface area contributed by atoms with Crippen LogP contribution in [0.3, 0.4) is 0 Å². The first-order valence-electron chi connectivity index (χ1n) is 10.0. The molecule has 2 N–H and O–H groups in total. The maximum Gasteiger partial charge on any atom is 0.243 e. The minimum atomic E-state index is -3.65. The van der Waals surface area contributed by atoms with Crippen LogP contribution in [0.1, 0.15) is 25.7 Å². The summed E-state index contributed by atoms with van der Waals surface area (Å²) in [5, 5.41) is 5.29. The van der Waals surface area contributed by atoms with Crippen molar-refractivity contribution in [2.45, 2.75) is 42.7 Å². The van der Waals surface area contributed by atoms with Crippen LogP contribution in [0.2, 0.25) is 5.02 Å². The van der Waals surface area contributed by atoms with Gasteiger partial charge in [-0.25, -0.2) is 13.1 Å². The molecule has 0 spiro atoms. The first-order chi connectivity index (χ1) is 15.0. The molecule has 0 saturated heterocycles. The molecule has 2 aromatic carbocycles. The second kappa shape index (κ2) is 8.31. The van der Waals surface area contributed by atoms with Gasteiger partial charge in [0.25, 0.3) is 0 Å². The Balaban J connectivity index is 1.25. The molecule has 0 radical (unpaired) electrons. The van der Waals surface area contributed by atoms with Crippen LogP contribution in [0.25, 0.3) is 21.9 Å². The fourth-order valence-corrected chi connectivity index (χ4v) is 6.34. The zero-order valence-corrected chi connectivity index (χ0v) is 18.8. The lowest BCUT2D eigenvalue weighted by Crippen LogP contribution is -2.40. The van der Waals surface area contributed by atoms with Crippen molar-refractivity contribution in [3.05, 3.63) is 53.7 Å². The van der Waals surface area contributed by atoms with Crippen molar-refractivity contribution in [3.8, 4) is 0 Å². The number of aromatic nitrogens is 3. The molecule has 1 saturated carbocycles. The predicted octanol–water partition coefficient (Wildman–Crippen LogP) is 4.59. The van der Waals surface area contributed by atoms with Crippen LogP contribution in [-0.4, -0.2) is 34.2 Å². The molecule has 0 bridgehead atoms. The number of anilines is 1. The molecule has 31 heavy (non-hydrogen) atoms. The Labute approximate surface area is 189 Å². The van der Waals surface area contributed by atoms with Crippen molar-refractivity contribution in [1.82, 2.24) is 18.5 Å². The Hall–Kier alpha value is -2.33. The minimum absolute atomic E-state index is 0.0992. The molecular weight excluding hydrogens is 454 g/mol. The fraction of sp³-hybridized carbons (Fsp3) is 0.286. The van der Waals surface area contributed by atoms with Crippen LogP contribution in [-0.2, 0) is 10.0 Å². The average molecular weight is 474 g/mol. The summed E-state index contributed by atoms with van der Waals surface area (Å²) in [5.41, 5.74) is 2.91. The maximum atomic E-state index is 13.0. The van der Waals surface area contributed by atoms with E-state index in [1.54, 1.807) is 24.4 Å². The first-order valence-corrected chi connectivity index (χ1v) is 12.6. The molecule has 1 aliphatic carbocycles. The van der Waals surface area contributed by atoms with Crippen LogP contribution in [0.5, 0.6) is 0 Å². The van der Waals surface area contributed by atoms with Gasteiger partial charge in [-0.3, -0.25) is 4.98 Å². The van der Waals surface area contributed by atoms with E-state index in [0.717, 1.165) is 54.0 Å². The normalized spacial score (nSPS) is 19.6. The van der Waals surface area contributed by atoms with Gasteiger partial charge in [-0.15, -0.1) is 0 Å². The van der Waals surface area contributed by atoms with Crippen molar-refractivity contribution >= 4 is 61.0 Å². The Morgan fingerprint density at radius 1 is 0.968 bits per heavy atom. The maximum absolute atomic E-state index is 13.0. The molecule has 2 aromatic heterocycles. The number of sulfonamides is 1. The van der Waals surface area contributed by atoms with Gasteiger partial charge in [0.2, 0.25) is 10.0 Å². The van der Waals surface area contributed by atoms with Gasteiger partial charge in [0.1, 0.15) is 15.9 Å². The number of halogens is 1. The number of fused-ring (bicyclic) bond motifs is 2. The summed E-state index contributed by atoms with van der Waals surface area (Å²) in [6.07, 6.45) is 5.03. The van der Waals surface area contributed by atoms with E-state index in [4.69, 9.17) is 11.6 Å².